The molecule has 2 aromatic carbocycles. The van der Waals surface area contributed by atoms with Crippen LogP contribution >= 0.6 is 0 Å². The van der Waals surface area contributed by atoms with Gasteiger partial charge in [0.1, 0.15) is 0 Å². The monoisotopic (exact) mass is 395 g/mol. The second-order valence-electron chi connectivity index (χ2n) is 9.23. The van der Waals surface area contributed by atoms with Gasteiger partial charge in [0.25, 0.3) is 10.0 Å². The number of Topliss-reactive ketones (excluding diaryl/α,β-unsaturated/α-hetero) is 1. The van der Waals surface area contributed by atoms with Gasteiger partial charge < -0.3 is 0 Å². The number of hydrogen-bond acceptors (Lipinski definition) is 3. The summed E-state index contributed by atoms with van der Waals surface area (Å²) >= 11 is 0. The highest BCUT2D eigenvalue weighted by Gasteiger charge is 2.48. The normalized spacial score (nSPS) is 21.9. The number of ketones is 1. The van der Waals surface area contributed by atoms with E-state index < -0.39 is 15.4 Å². The van der Waals surface area contributed by atoms with Crippen LogP contribution in [0, 0.1) is 5.41 Å². The molecule has 2 aromatic rings. The van der Waals surface area contributed by atoms with E-state index >= 15 is 0 Å². The standard InChI is InChI=1S/C23H25NO3S/c1-22(2)14-16-13-17(9-10-18(16)21(22)25)28(26,27)24-15-23(11-5-6-12-23)19-7-3-4-8-20(19)24/h3-4,7-10,13H,5-6,11-12,14-15H2,1-2H3. The SMILES string of the molecule is CC1(C)Cc2cc(S(=O)(=O)N3CC4(CCCC4)c4ccccc43)ccc2C1=O. The van der Waals surface area contributed by atoms with Gasteiger partial charge in [0, 0.05) is 22.9 Å². The van der Waals surface area contributed by atoms with E-state index in [-0.39, 0.29) is 11.2 Å². The number of anilines is 1. The first kappa shape index (κ1) is 17.9. The Balaban J connectivity index is 1.59. The lowest BCUT2D eigenvalue weighted by Gasteiger charge is -2.25. The lowest BCUT2D eigenvalue weighted by molar-refractivity contribution is 0.0863. The molecule has 2 aliphatic carbocycles. The lowest BCUT2D eigenvalue weighted by atomic mass is 9.81. The number of hydrogen-bond donors (Lipinski definition) is 0. The maximum atomic E-state index is 13.6. The van der Waals surface area contributed by atoms with Crippen LogP contribution < -0.4 is 4.31 Å². The molecule has 0 atom stereocenters. The molecule has 0 saturated heterocycles. The smallest absolute Gasteiger partial charge is 0.264 e. The summed E-state index contributed by atoms with van der Waals surface area (Å²) in [7, 11) is -3.67. The van der Waals surface area contributed by atoms with Gasteiger partial charge in [-0.15, -0.1) is 0 Å². The number of nitrogens with zero attached hydrogens (tertiary/aromatic N) is 1. The van der Waals surface area contributed by atoms with Gasteiger partial charge in [-0.2, -0.15) is 0 Å². The van der Waals surface area contributed by atoms with E-state index in [1.54, 1.807) is 22.5 Å². The first-order valence-electron chi connectivity index (χ1n) is 10.0. The minimum atomic E-state index is -3.67. The van der Waals surface area contributed by atoms with Crippen LogP contribution in [0.25, 0.3) is 0 Å². The number of carbonyl (C=O) groups is 1. The molecule has 0 aromatic heterocycles. The van der Waals surface area contributed by atoms with Crippen molar-refractivity contribution in [3.05, 3.63) is 59.2 Å². The van der Waals surface area contributed by atoms with Gasteiger partial charge in [0.15, 0.2) is 5.78 Å². The minimum absolute atomic E-state index is 0.0433. The predicted molar refractivity (Wildman–Crippen MR) is 109 cm³/mol. The molecule has 0 bridgehead atoms. The molecule has 146 valence electrons. The summed E-state index contributed by atoms with van der Waals surface area (Å²) < 4.78 is 28.9. The summed E-state index contributed by atoms with van der Waals surface area (Å²) in [4.78, 5) is 12.8. The van der Waals surface area contributed by atoms with E-state index in [1.807, 2.05) is 32.0 Å². The van der Waals surface area contributed by atoms with Crippen molar-refractivity contribution >= 4 is 21.5 Å². The quantitative estimate of drug-likeness (QED) is 0.754. The van der Waals surface area contributed by atoms with Crippen LogP contribution in [0.4, 0.5) is 5.69 Å². The van der Waals surface area contributed by atoms with Crippen molar-refractivity contribution in [3.63, 3.8) is 0 Å². The van der Waals surface area contributed by atoms with Crippen LogP contribution in [0.1, 0.15) is 61.0 Å². The highest BCUT2D eigenvalue weighted by atomic mass is 32.2. The first-order valence-corrected chi connectivity index (χ1v) is 11.5. The Morgan fingerprint density at radius 2 is 1.71 bits per heavy atom. The molecule has 1 fully saturated rings. The third kappa shape index (κ3) is 2.35. The average molecular weight is 396 g/mol. The van der Waals surface area contributed by atoms with Crippen LogP contribution in [0.3, 0.4) is 0 Å². The zero-order chi connectivity index (χ0) is 19.7. The molecule has 1 spiro atoms. The largest absolute Gasteiger partial charge is 0.294 e. The Kier molecular flexibility index (Phi) is 3.64. The molecule has 0 amide bonds. The third-order valence-electron chi connectivity index (χ3n) is 6.91. The molecule has 3 aliphatic rings. The number of para-hydroxylation sites is 1. The third-order valence-corrected chi connectivity index (χ3v) is 8.66. The Morgan fingerprint density at radius 3 is 2.46 bits per heavy atom. The summed E-state index contributed by atoms with van der Waals surface area (Å²) in [6.45, 7) is 4.37. The second kappa shape index (κ2) is 5.69. The van der Waals surface area contributed by atoms with Crippen LogP contribution in [-0.2, 0) is 21.9 Å². The second-order valence-corrected chi connectivity index (χ2v) is 11.1. The maximum absolute atomic E-state index is 13.6. The fourth-order valence-corrected chi connectivity index (χ4v) is 7.05. The molecule has 1 aliphatic heterocycles. The topological polar surface area (TPSA) is 54.5 Å². The van der Waals surface area contributed by atoms with E-state index in [0.717, 1.165) is 36.9 Å². The number of carbonyl (C=O) groups excluding carboxylic acids is 1. The summed E-state index contributed by atoms with van der Waals surface area (Å²) in [5.41, 5.74) is 3.00. The molecule has 1 heterocycles. The number of sulfonamides is 1. The Labute approximate surface area is 166 Å². The molecule has 0 N–H and O–H groups in total. The number of benzene rings is 2. The lowest BCUT2D eigenvalue weighted by Crippen LogP contribution is -2.35. The fourth-order valence-electron chi connectivity index (χ4n) is 5.43. The van der Waals surface area contributed by atoms with Gasteiger partial charge in [-0.25, -0.2) is 8.42 Å². The van der Waals surface area contributed by atoms with Gasteiger partial charge in [-0.1, -0.05) is 44.9 Å². The Bertz CT molecular complexity index is 1090. The molecule has 5 heteroatoms. The van der Waals surface area contributed by atoms with Gasteiger partial charge in [0.05, 0.1) is 10.6 Å². The van der Waals surface area contributed by atoms with Gasteiger partial charge >= 0.3 is 0 Å². The molecule has 0 radical (unpaired) electrons. The molecule has 28 heavy (non-hydrogen) atoms. The number of fused-ring (bicyclic) bond motifs is 3. The average Bonchev–Trinajstić information content (AvgIpc) is 3.33. The van der Waals surface area contributed by atoms with Crippen LogP contribution in [0.15, 0.2) is 47.4 Å². The van der Waals surface area contributed by atoms with Crippen molar-refractivity contribution in [1.82, 2.24) is 0 Å². The van der Waals surface area contributed by atoms with Crippen molar-refractivity contribution in [2.75, 3.05) is 10.8 Å². The van der Waals surface area contributed by atoms with Crippen molar-refractivity contribution in [2.45, 2.75) is 56.3 Å². The van der Waals surface area contributed by atoms with Crippen molar-refractivity contribution in [2.24, 2.45) is 5.41 Å². The fraction of sp³-hybridized carbons (Fsp3) is 0.435. The summed E-state index contributed by atoms with van der Waals surface area (Å²) in [5.74, 6) is 0.0999. The van der Waals surface area contributed by atoms with Gasteiger partial charge in [-0.05, 0) is 54.7 Å². The van der Waals surface area contributed by atoms with Crippen molar-refractivity contribution in [3.8, 4) is 0 Å². The highest BCUT2D eigenvalue weighted by molar-refractivity contribution is 7.92. The van der Waals surface area contributed by atoms with Crippen molar-refractivity contribution in [1.29, 1.82) is 0 Å². The summed E-state index contributed by atoms with van der Waals surface area (Å²) in [6, 6.07) is 13.0. The highest BCUT2D eigenvalue weighted by Crippen LogP contribution is 2.51. The van der Waals surface area contributed by atoms with E-state index in [9.17, 15) is 13.2 Å². The van der Waals surface area contributed by atoms with Gasteiger partial charge in [0.2, 0.25) is 0 Å². The molecule has 0 unspecified atom stereocenters. The maximum Gasteiger partial charge on any atom is 0.264 e. The minimum Gasteiger partial charge on any atom is -0.294 e. The van der Waals surface area contributed by atoms with Crippen LogP contribution in [-0.4, -0.2) is 20.7 Å². The van der Waals surface area contributed by atoms with E-state index in [1.165, 1.54) is 5.56 Å². The molecular formula is C23H25NO3S. The predicted octanol–water partition coefficient (Wildman–Crippen LogP) is 4.47. The molecular weight excluding hydrogens is 370 g/mol. The summed E-state index contributed by atoms with van der Waals surface area (Å²) in [5, 5.41) is 0. The van der Waals surface area contributed by atoms with Crippen LogP contribution in [0.5, 0.6) is 0 Å². The molecule has 5 rings (SSSR count). The Morgan fingerprint density at radius 1 is 1.00 bits per heavy atom. The van der Waals surface area contributed by atoms with E-state index in [2.05, 4.69) is 6.07 Å². The van der Waals surface area contributed by atoms with Crippen molar-refractivity contribution < 1.29 is 13.2 Å². The van der Waals surface area contributed by atoms with Crippen LogP contribution in [0.2, 0.25) is 0 Å². The first-order chi connectivity index (χ1) is 13.2. The van der Waals surface area contributed by atoms with E-state index in [4.69, 9.17) is 0 Å². The Hall–Kier alpha value is -2.14. The zero-order valence-corrected chi connectivity index (χ0v) is 17.2. The molecule has 4 nitrogen and oxygen atoms in total. The molecule has 1 saturated carbocycles. The zero-order valence-electron chi connectivity index (χ0n) is 16.4. The summed E-state index contributed by atoms with van der Waals surface area (Å²) in [6.07, 6.45) is 4.98. The number of rotatable bonds is 2. The van der Waals surface area contributed by atoms with Gasteiger partial charge in [-0.3, -0.25) is 9.10 Å². The van der Waals surface area contributed by atoms with E-state index in [0.29, 0.717) is 23.4 Å².